The molecule has 1 aromatic carbocycles. The van der Waals surface area contributed by atoms with Gasteiger partial charge in [-0.15, -0.1) is 24.0 Å². The summed E-state index contributed by atoms with van der Waals surface area (Å²) in [4.78, 5) is 7.00. The highest BCUT2D eigenvalue weighted by Crippen LogP contribution is 2.29. The third-order valence-electron chi connectivity index (χ3n) is 5.09. The van der Waals surface area contributed by atoms with Crippen molar-refractivity contribution in [1.82, 2.24) is 15.5 Å². The fourth-order valence-electron chi connectivity index (χ4n) is 3.43. The van der Waals surface area contributed by atoms with E-state index in [1.54, 1.807) is 7.11 Å². The first-order valence-corrected chi connectivity index (χ1v) is 9.70. The molecule has 1 saturated heterocycles. The van der Waals surface area contributed by atoms with Crippen LogP contribution in [0.3, 0.4) is 0 Å². The van der Waals surface area contributed by atoms with E-state index in [9.17, 15) is 0 Å². The molecule has 1 saturated carbocycles. The number of nitrogens with one attached hydrogen (secondary N) is 2. The number of rotatable bonds is 7. The van der Waals surface area contributed by atoms with E-state index in [-0.39, 0.29) is 30.1 Å². The average molecular weight is 488 g/mol. The van der Waals surface area contributed by atoms with Crippen molar-refractivity contribution in [3.05, 3.63) is 24.3 Å². The normalized spacial score (nSPS) is 19.7. The van der Waals surface area contributed by atoms with Crippen LogP contribution in [0, 0.1) is 0 Å². The van der Waals surface area contributed by atoms with Crippen molar-refractivity contribution in [1.29, 1.82) is 0 Å². The molecule has 1 atom stereocenters. The summed E-state index contributed by atoms with van der Waals surface area (Å²) in [7, 11) is 3.48. The highest BCUT2D eigenvalue weighted by molar-refractivity contribution is 14.0. The molecule has 1 aromatic rings. The number of ether oxygens (including phenoxy) is 2. The van der Waals surface area contributed by atoms with Gasteiger partial charge in [0.05, 0.1) is 13.7 Å². The number of halogens is 1. The molecule has 1 aliphatic heterocycles. The van der Waals surface area contributed by atoms with E-state index in [2.05, 4.69) is 20.5 Å². The second-order valence-corrected chi connectivity index (χ2v) is 7.25. The minimum absolute atomic E-state index is 0. The van der Waals surface area contributed by atoms with Crippen molar-refractivity contribution >= 4 is 29.9 Å². The van der Waals surface area contributed by atoms with Gasteiger partial charge in [0.25, 0.3) is 0 Å². The van der Waals surface area contributed by atoms with Gasteiger partial charge in [0.15, 0.2) is 5.96 Å². The van der Waals surface area contributed by atoms with Crippen molar-refractivity contribution in [2.75, 3.05) is 33.8 Å². The number of likely N-dealkylation sites (tertiary alicyclic amines) is 1. The summed E-state index contributed by atoms with van der Waals surface area (Å²) in [5, 5.41) is 6.94. The molecule has 6 nitrogen and oxygen atoms in total. The van der Waals surface area contributed by atoms with E-state index >= 15 is 0 Å². The SMILES string of the molecule is CN=C(NCC(C)Oc1cccc(OC)c1)NC1CCN(C2CC2)CC1.I. The number of benzene rings is 1. The summed E-state index contributed by atoms with van der Waals surface area (Å²) in [5.74, 6) is 2.47. The maximum atomic E-state index is 5.96. The van der Waals surface area contributed by atoms with Crippen LogP contribution in [0.25, 0.3) is 0 Å². The highest BCUT2D eigenvalue weighted by Gasteiger charge is 2.31. The van der Waals surface area contributed by atoms with E-state index in [4.69, 9.17) is 9.47 Å². The highest BCUT2D eigenvalue weighted by atomic mass is 127. The van der Waals surface area contributed by atoms with Crippen LogP contribution in [0.1, 0.15) is 32.6 Å². The van der Waals surface area contributed by atoms with Crippen LogP contribution in [0.2, 0.25) is 0 Å². The molecule has 0 bridgehead atoms. The molecule has 7 heteroatoms. The van der Waals surface area contributed by atoms with Gasteiger partial charge in [0, 0.05) is 38.3 Å². The van der Waals surface area contributed by atoms with Gasteiger partial charge in [-0.25, -0.2) is 0 Å². The fraction of sp³-hybridized carbons (Fsp3) is 0.650. The zero-order valence-electron chi connectivity index (χ0n) is 16.6. The van der Waals surface area contributed by atoms with Gasteiger partial charge in [-0.2, -0.15) is 0 Å². The third-order valence-corrected chi connectivity index (χ3v) is 5.09. The Morgan fingerprint density at radius 1 is 1.22 bits per heavy atom. The Morgan fingerprint density at radius 2 is 1.93 bits per heavy atom. The minimum atomic E-state index is 0. The van der Waals surface area contributed by atoms with Crippen LogP contribution >= 0.6 is 24.0 Å². The Bertz CT molecular complexity index is 601. The number of guanidine groups is 1. The van der Waals surface area contributed by atoms with Crippen LogP contribution in [0.4, 0.5) is 0 Å². The zero-order valence-corrected chi connectivity index (χ0v) is 18.9. The molecular formula is C20H33IN4O2. The number of hydrogen-bond donors (Lipinski definition) is 2. The Labute approximate surface area is 180 Å². The predicted octanol–water partition coefficient (Wildman–Crippen LogP) is 2.87. The zero-order chi connectivity index (χ0) is 18.4. The van der Waals surface area contributed by atoms with Crippen molar-refractivity contribution in [3.8, 4) is 11.5 Å². The van der Waals surface area contributed by atoms with Crippen molar-refractivity contribution in [2.45, 2.75) is 50.8 Å². The van der Waals surface area contributed by atoms with Crippen molar-refractivity contribution < 1.29 is 9.47 Å². The first-order chi connectivity index (χ1) is 12.7. The van der Waals surface area contributed by atoms with Gasteiger partial charge < -0.3 is 25.0 Å². The van der Waals surface area contributed by atoms with Crippen LogP contribution in [0.15, 0.2) is 29.3 Å². The standard InChI is InChI=1S/C20H32N4O2.HI/c1-15(26-19-6-4-5-18(13-19)25-3)14-22-20(21-2)23-16-9-11-24(12-10-16)17-7-8-17;/h4-6,13,15-17H,7-12,14H2,1-3H3,(H2,21,22,23);1H. The molecule has 2 fully saturated rings. The van der Waals surface area contributed by atoms with E-state index in [1.807, 2.05) is 38.2 Å². The van der Waals surface area contributed by atoms with Crippen molar-refractivity contribution in [3.63, 3.8) is 0 Å². The summed E-state index contributed by atoms with van der Waals surface area (Å²) < 4.78 is 11.2. The summed E-state index contributed by atoms with van der Waals surface area (Å²) >= 11 is 0. The van der Waals surface area contributed by atoms with Gasteiger partial charge in [-0.3, -0.25) is 4.99 Å². The number of piperidine rings is 1. The monoisotopic (exact) mass is 488 g/mol. The van der Waals surface area contributed by atoms with Crippen LogP contribution < -0.4 is 20.1 Å². The second kappa shape index (κ2) is 10.9. The Kier molecular flexibility index (Phi) is 8.95. The van der Waals surface area contributed by atoms with Crippen molar-refractivity contribution in [2.24, 2.45) is 4.99 Å². The Morgan fingerprint density at radius 3 is 2.56 bits per heavy atom. The van der Waals surface area contributed by atoms with E-state index in [0.717, 1.165) is 23.5 Å². The first kappa shape index (κ1) is 22.1. The topological polar surface area (TPSA) is 58.1 Å². The summed E-state index contributed by atoms with van der Waals surface area (Å²) in [6.07, 6.45) is 5.19. The molecule has 0 aromatic heterocycles. The maximum Gasteiger partial charge on any atom is 0.191 e. The number of methoxy groups -OCH3 is 1. The molecular weight excluding hydrogens is 455 g/mol. The molecule has 2 N–H and O–H groups in total. The predicted molar refractivity (Wildman–Crippen MR) is 121 cm³/mol. The number of nitrogens with zero attached hydrogens (tertiary/aromatic N) is 2. The Hall–Kier alpha value is -1.22. The molecule has 1 aliphatic carbocycles. The van der Waals surface area contributed by atoms with Gasteiger partial charge in [-0.05, 0) is 44.7 Å². The molecule has 0 spiro atoms. The van der Waals surface area contributed by atoms with Gasteiger partial charge >= 0.3 is 0 Å². The molecule has 0 amide bonds. The van der Waals surface area contributed by atoms with E-state index in [0.29, 0.717) is 12.6 Å². The van der Waals surface area contributed by atoms with Crippen LogP contribution in [-0.2, 0) is 0 Å². The second-order valence-electron chi connectivity index (χ2n) is 7.25. The summed E-state index contributed by atoms with van der Waals surface area (Å²) in [6.45, 7) is 5.15. The summed E-state index contributed by atoms with van der Waals surface area (Å²) in [6, 6.07) is 9.07. The first-order valence-electron chi connectivity index (χ1n) is 9.70. The van der Waals surface area contributed by atoms with Gasteiger partial charge in [0.2, 0.25) is 0 Å². The lowest BCUT2D eigenvalue weighted by Gasteiger charge is -2.33. The molecule has 0 radical (unpaired) electrons. The van der Waals surface area contributed by atoms with Crippen LogP contribution in [0.5, 0.6) is 11.5 Å². The third kappa shape index (κ3) is 7.03. The minimum Gasteiger partial charge on any atom is -0.497 e. The quantitative estimate of drug-likeness (QED) is 0.351. The lowest BCUT2D eigenvalue weighted by molar-refractivity contribution is 0.196. The molecule has 3 rings (SSSR count). The summed E-state index contributed by atoms with van der Waals surface area (Å²) in [5.41, 5.74) is 0. The molecule has 1 heterocycles. The lowest BCUT2D eigenvalue weighted by Crippen LogP contribution is -2.50. The smallest absolute Gasteiger partial charge is 0.191 e. The number of hydrogen-bond acceptors (Lipinski definition) is 4. The Balaban J connectivity index is 0.00000261. The maximum absolute atomic E-state index is 5.96. The largest absolute Gasteiger partial charge is 0.497 e. The molecule has 27 heavy (non-hydrogen) atoms. The lowest BCUT2D eigenvalue weighted by atomic mass is 10.1. The van der Waals surface area contributed by atoms with E-state index < -0.39 is 0 Å². The number of aliphatic imine (C=N–C) groups is 1. The molecule has 152 valence electrons. The fourth-order valence-corrected chi connectivity index (χ4v) is 3.43. The van der Waals surface area contributed by atoms with Crippen LogP contribution in [-0.4, -0.2) is 62.8 Å². The van der Waals surface area contributed by atoms with Gasteiger partial charge in [-0.1, -0.05) is 6.07 Å². The molecule has 2 aliphatic rings. The van der Waals surface area contributed by atoms with Gasteiger partial charge in [0.1, 0.15) is 17.6 Å². The molecule has 1 unspecified atom stereocenters. The average Bonchev–Trinajstić information content (AvgIpc) is 3.51. The van der Waals surface area contributed by atoms with E-state index in [1.165, 1.54) is 38.8 Å².